The molecule has 126 valence electrons. The summed E-state index contributed by atoms with van der Waals surface area (Å²) in [6.07, 6.45) is 1.46. The Morgan fingerprint density at radius 1 is 1.29 bits per heavy atom. The summed E-state index contributed by atoms with van der Waals surface area (Å²) in [4.78, 5) is 21.0. The van der Waals surface area contributed by atoms with Gasteiger partial charge in [0, 0.05) is 24.2 Å². The van der Waals surface area contributed by atoms with Crippen LogP contribution in [-0.4, -0.2) is 48.1 Å². The molecule has 3 rings (SSSR count). The van der Waals surface area contributed by atoms with Gasteiger partial charge < -0.3 is 9.42 Å². The lowest BCUT2D eigenvalue weighted by Gasteiger charge is -2.20. The van der Waals surface area contributed by atoms with E-state index in [-0.39, 0.29) is 11.7 Å². The molecule has 24 heavy (non-hydrogen) atoms. The molecule has 0 atom stereocenters. The molecule has 0 N–H and O–H groups in total. The first-order valence-corrected chi connectivity index (χ1v) is 8.59. The summed E-state index contributed by atoms with van der Waals surface area (Å²) >= 11 is 7.64. The standard InChI is InChI=1S/C16H17ClN4O2S/c1-10-11(17)4-5-13-14(10)19-16(24-13)21(9-8-20(2)3)15(22)12-6-7-18-23-12/h4-7H,8-9H2,1-3H3. The van der Waals surface area contributed by atoms with Crippen LogP contribution < -0.4 is 4.90 Å². The number of thiazole rings is 1. The molecule has 0 aliphatic carbocycles. The van der Waals surface area contributed by atoms with Gasteiger partial charge in [-0.25, -0.2) is 4.98 Å². The third-order valence-electron chi connectivity index (χ3n) is 3.63. The van der Waals surface area contributed by atoms with Gasteiger partial charge in [0.25, 0.3) is 5.91 Å². The van der Waals surface area contributed by atoms with Crippen molar-refractivity contribution in [3.05, 3.63) is 40.7 Å². The third kappa shape index (κ3) is 3.28. The number of nitrogens with zero attached hydrogens (tertiary/aromatic N) is 4. The minimum absolute atomic E-state index is 0.197. The first kappa shape index (κ1) is 16.9. The van der Waals surface area contributed by atoms with Crippen LogP contribution in [0.3, 0.4) is 0 Å². The van der Waals surface area contributed by atoms with Crippen LogP contribution in [0.4, 0.5) is 5.13 Å². The SMILES string of the molecule is Cc1c(Cl)ccc2sc(N(CCN(C)C)C(=O)c3ccno3)nc12. The lowest BCUT2D eigenvalue weighted by Crippen LogP contribution is -2.36. The van der Waals surface area contributed by atoms with E-state index in [1.807, 2.05) is 38.1 Å². The van der Waals surface area contributed by atoms with Crippen molar-refractivity contribution in [1.82, 2.24) is 15.0 Å². The number of aromatic nitrogens is 2. The molecular weight excluding hydrogens is 348 g/mol. The number of hydrogen-bond acceptors (Lipinski definition) is 6. The minimum Gasteiger partial charge on any atom is -0.351 e. The highest BCUT2D eigenvalue weighted by atomic mass is 35.5. The van der Waals surface area contributed by atoms with E-state index in [1.54, 1.807) is 11.0 Å². The maximum Gasteiger partial charge on any atom is 0.298 e. The summed E-state index contributed by atoms with van der Waals surface area (Å²) in [5, 5.41) is 4.91. The Kier molecular flexibility index (Phi) is 4.84. The zero-order valence-corrected chi connectivity index (χ0v) is 15.2. The Labute approximate surface area is 148 Å². The molecule has 1 amide bonds. The normalized spacial score (nSPS) is 11.4. The summed E-state index contributed by atoms with van der Waals surface area (Å²) < 4.78 is 6.02. The maximum absolute atomic E-state index is 12.8. The summed E-state index contributed by atoms with van der Waals surface area (Å²) in [6.45, 7) is 3.13. The van der Waals surface area contributed by atoms with Crippen LogP contribution in [0.2, 0.25) is 5.02 Å². The number of carbonyl (C=O) groups is 1. The summed E-state index contributed by atoms with van der Waals surface area (Å²) in [5.41, 5.74) is 1.74. The van der Waals surface area contributed by atoms with Crippen LogP contribution in [0.25, 0.3) is 10.2 Å². The molecule has 2 aromatic heterocycles. The highest BCUT2D eigenvalue weighted by molar-refractivity contribution is 7.22. The van der Waals surface area contributed by atoms with Crippen LogP contribution in [0, 0.1) is 6.92 Å². The van der Waals surface area contributed by atoms with Crippen molar-refractivity contribution in [2.24, 2.45) is 0 Å². The van der Waals surface area contributed by atoms with Crippen molar-refractivity contribution in [3.63, 3.8) is 0 Å². The molecule has 2 heterocycles. The van der Waals surface area contributed by atoms with E-state index in [9.17, 15) is 4.79 Å². The number of halogens is 1. The molecule has 8 heteroatoms. The van der Waals surface area contributed by atoms with Crippen LogP contribution in [0.5, 0.6) is 0 Å². The number of anilines is 1. The summed E-state index contributed by atoms with van der Waals surface area (Å²) in [5.74, 6) is -0.0556. The average molecular weight is 365 g/mol. The molecular formula is C16H17ClN4O2S. The average Bonchev–Trinajstić information content (AvgIpc) is 3.20. The number of rotatable bonds is 5. The summed E-state index contributed by atoms with van der Waals surface area (Å²) in [6, 6.07) is 5.33. The Bertz CT molecular complexity index is 860. The first-order chi connectivity index (χ1) is 11.5. The fraction of sp³-hybridized carbons (Fsp3) is 0.312. The van der Waals surface area contributed by atoms with Crippen LogP contribution >= 0.6 is 22.9 Å². The molecule has 0 saturated heterocycles. The topological polar surface area (TPSA) is 62.5 Å². The zero-order valence-electron chi connectivity index (χ0n) is 13.6. The molecule has 0 aliphatic rings. The highest BCUT2D eigenvalue weighted by Gasteiger charge is 2.24. The number of likely N-dealkylation sites (N-methyl/N-ethyl adjacent to an activating group) is 1. The fourth-order valence-corrected chi connectivity index (χ4v) is 3.45. The maximum atomic E-state index is 12.8. The van der Waals surface area contributed by atoms with Crippen molar-refractivity contribution in [2.45, 2.75) is 6.92 Å². The van der Waals surface area contributed by atoms with Crippen LogP contribution in [0.15, 0.2) is 28.9 Å². The molecule has 0 spiro atoms. The second kappa shape index (κ2) is 6.88. The van der Waals surface area contributed by atoms with Gasteiger partial charge in [-0.05, 0) is 38.7 Å². The Hall–Kier alpha value is -1.96. The quantitative estimate of drug-likeness (QED) is 0.693. The molecule has 0 fully saturated rings. The zero-order chi connectivity index (χ0) is 17.3. The number of amides is 1. The van der Waals surface area contributed by atoms with Crippen molar-refractivity contribution >= 4 is 44.2 Å². The lowest BCUT2D eigenvalue weighted by atomic mass is 10.2. The van der Waals surface area contributed by atoms with E-state index >= 15 is 0 Å². The Morgan fingerprint density at radius 2 is 2.08 bits per heavy atom. The fourth-order valence-electron chi connectivity index (χ4n) is 2.25. The molecule has 0 radical (unpaired) electrons. The highest BCUT2D eigenvalue weighted by Crippen LogP contribution is 2.34. The molecule has 0 bridgehead atoms. The molecule has 0 unspecified atom stereocenters. The van der Waals surface area contributed by atoms with Gasteiger partial charge in [0.1, 0.15) is 0 Å². The van der Waals surface area contributed by atoms with E-state index in [2.05, 4.69) is 10.1 Å². The van der Waals surface area contributed by atoms with Gasteiger partial charge >= 0.3 is 0 Å². The van der Waals surface area contributed by atoms with Gasteiger partial charge in [0.05, 0.1) is 16.4 Å². The van der Waals surface area contributed by atoms with Crippen molar-refractivity contribution in [1.29, 1.82) is 0 Å². The van der Waals surface area contributed by atoms with Gasteiger partial charge in [0.15, 0.2) is 5.13 Å². The van der Waals surface area contributed by atoms with Crippen molar-refractivity contribution < 1.29 is 9.32 Å². The van der Waals surface area contributed by atoms with E-state index in [1.165, 1.54) is 17.5 Å². The molecule has 6 nitrogen and oxygen atoms in total. The van der Waals surface area contributed by atoms with E-state index in [4.69, 9.17) is 16.1 Å². The van der Waals surface area contributed by atoms with Crippen molar-refractivity contribution in [3.8, 4) is 0 Å². The van der Waals surface area contributed by atoms with Gasteiger partial charge in [0.2, 0.25) is 5.76 Å². The lowest BCUT2D eigenvalue weighted by molar-refractivity contribution is 0.0949. The van der Waals surface area contributed by atoms with E-state index < -0.39 is 0 Å². The number of carbonyl (C=O) groups excluding carboxylic acids is 1. The number of aryl methyl sites for hydroxylation is 1. The summed E-state index contributed by atoms with van der Waals surface area (Å²) in [7, 11) is 3.92. The monoisotopic (exact) mass is 364 g/mol. The van der Waals surface area contributed by atoms with Crippen molar-refractivity contribution in [2.75, 3.05) is 32.1 Å². The predicted molar refractivity (Wildman–Crippen MR) is 96.1 cm³/mol. The predicted octanol–water partition coefficient (Wildman–Crippen LogP) is 3.45. The number of fused-ring (bicyclic) bond motifs is 1. The second-order valence-electron chi connectivity index (χ2n) is 5.65. The van der Waals surface area contributed by atoms with E-state index in [0.717, 1.165) is 15.8 Å². The second-order valence-corrected chi connectivity index (χ2v) is 7.07. The minimum atomic E-state index is -0.253. The van der Waals surface area contributed by atoms with E-state index in [0.29, 0.717) is 23.2 Å². The van der Waals surface area contributed by atoms with Crippen LogP contribution in [0.1, 0.15) is 16.1 Å². The first-order valence-electron chi connectivity index (χ1n) is 7.40. The molecule has 3 aromatic rings. The van der Waals surface area contributed by atoms with Crippen LogP contribution in [-0.2, 0) is 0 Å². The number of benzene rings is 1. The molecule has 0 aliphatic heterocycles. The van der Waals surface area contributed by atoms with Gasteiger partial charge in [-0.3, -0.25) is 9.69 Å². The molecule has 0 saturated carbocycles. The Balaban J connectivity index is 2.01. The van der Waals surface area contributed by atoms with Gasteiger partial charge in [-0.15, -0.1) is 0 Å². The largest absolute Gasteiger partial charge is 0.351 e. The number of hydrogen-bond donors (Lipinski definition) is 0. The van der Waals surface area contributed by atoms with Gasteiger partial charge in [-0.1, -0.05) is 28.1 Å². The third-order valence-corrected chi connectivity index (χ3v) is 5.09. The van der Waals surface area contributed by atoms with Gasteiger partial charge in [-0.2, -0.15) is 0 Å². The Morgan fingerprint density at radius 3 is 2.75 bits per heavy atom. The smallest absolute Gasteiger partial charge is 0.298 e. The molecule has 1 aromatic carbocycles.